The number of nitrogens with zero attached hydrogens (tertiary/aromatic N) is 2. The van der Waals surface area contributed by atoms with E-state index in [-0.39, 0.29) is 17.5 Å². The summed E-state index contributed by atoms with van der Waals surface area (Å²) in [7, 11) is 0. The first-order valence-corrected chi connectivity index (χ1v) is 6.89. The minimum atomic E-state index is -0.945. The van der Waals surface area contributed by atoms with Gasteiger partial charge in [-0.3, -0.25) is 4.98 Å². The van der Waals surface area contributed by atoms with Gasteiger partial charge in [-0.15, -0.1) is 0 Å². The van der Waals surface area contributed by atoms with Crippen LogP contribution >= 0.6 is 0 Å². The third kappa shape index (κ3) is 3.78. The van der Waals surface area contributed by atoms with Crippen molar-refractivity contribution in [1.29, 1.82) is 0 Å². The standard InChI is InChI=1S/C16H19N3O2/c1-10(2)14-8-13(16(20)21)9-15(19-14)18-11(3)12-4-6-17-7-5-12/h4-11H,1-3H3,(H,18,19)(H,20,21). The molecule has 0 radical (unpaired) electrons. The fourth-order valence-corrected chi connectivity index (χ4v) is 2.00. The van der Waals surface area contributed by atoms with Gasteiger partial charge in [-0.1, -0.05) is 13.8 Å². The third-order valence-corrected chi connectivity index (χ3v) is 3.25. The second-order valence-electron chi connectivity index (χ2n) is 5.27. The highest BCUT2D eigenvalue weighted by atomic mass is 16.4. The van der Waals surface area contributed by atoms with Crippen LogP contribution in [0.25, 0.3) is 0 Å². The highest BCUT2D eigenvalue weighted by molar-refractivity contribution is 5.88. The molecule has 2 rings (SSSR count). The molecule has 0 aliphatic carbocycles. The first kappa shape index (κ1) is 15.0. The number of carboxylic acid groups (broad SMARTS) is 1. The zero-order chi connectivity index (χ0) is 15.4. The Bertz CT molecular complexity index is 627. The first-order valence-electron chi connectivity index (χ1n) is 6.89. The lowest BCUT2D eigenvalue weighted by Gasteiger charge is -2.16. The van der Waals surface area contributed by atoms with Gasteiger partial charge in [0.1, 0.15) is 5.82 Å². The normalized spacial score (nSPS) is 12.2. The van der Waals surface area contributed by atoms with Gasteiger partial charge in [-0.25, -0.2) is 9.78 Å². The number of carbonyl (C=O) groups is 1. The lowest BCUT2D eigenvalue weighted by Crippen LogP contribution is -2.11. The molecule has 0 saturated carbocycles. The van der Waals surface area contributed by atoms with E-state index in [1.807, 2.05) is 32.9 Å². The van der Waals surface area contributed by atoms with Crippen LogP contribution in [-0.2, 0) is 0 Å². The summed E-state index contributed by atoms with van der Waals surface area (Å²) in [5.41, 5.74) is 2.08. The van der Waals surface area contributed by atoms with Gasteiger partial charge in [-0.05, 0) is 42.7 Å². The van der Waals surface area contributed by atoms with Gasteiger partial charge in [-0.2, -0.15) is 0 Å². The Morgan fingerprint density at radius 1 is 1.19 bits per heavy atom. The molecule has 2 aromatic heterocycles. The van der Waals surface area contributed by atoms with Crippen LogP contribution in [0.15, 0.2) is 36.7 Å². The van der Waals surface area contributed by atoms with Crippen LogP contribution < -0.4 is 5.32 Å². The third-order valence-electron chi connectivity index (χ3n) is 3.25. The molecule has 5 heteroatoms. The average Bonchev–Trinajstić information content (AvgIpc) is 2.47. The predicted molar refractivity (Wildman–Crippen MR) is 81.6 cm³/mol. The summed E-state index contributed by atoms with van der Waals surface area (Å²) in [6, 6.07) is 7.04. The monoisotopic (exact) mass is 285 g/mol. The lowest BCUT2D eigenvalue weighted by molar-refractivity contribution is 0.0696. The number of aromatic nitrogens is 2. The zero-order valence-corrected chi connectivity index (χ0v) is 12.4. The topological polar surface area (TPSA) is 75.1 Å². The molecule has 21 heavy (non-hydrogen) atoms. The summed E-state index contributed by atoms with van der Waals surface area (Å²) >= 11 is 0. The van der Waals surface area contributed by atoms with Crippen molar-refractivity contribution in [2.45, 2.75) is 32.7 Å². The Morgan fingerprint density at radius 2 is 1.86 bits per heavy atom. The van der Waals surface area contributed by atoms with Crippen LogP contribution in [0.3, 0.4) is 0 Å². The summed E-state index contributed by atoms with van der Waals surface area (Å²) in [5, 5.41) is 12.4. The maximum atomic E-state index is 11.2. The molecule has 0 aliphatic rings. The molecule has 110 valence electrons. The Labute approximate surface area is 124 Å². The molecular weight excluding hydrogens is 266 g/mol. The molecular formula is C16H19N3O2. The van der Waals surface area contributed by atoms with E-state index in [0.717, 1.165) is 11.3 Å². The number of hydrogen-bond acceptors (Lipinski definition) is 4. The van der Waals surface area contributed by atoms with Crippen molar-refractivity contribution in [2.24, 2.45) is 0 Å². The van der Waals surface area contributed by atoms with Gasteiger partial charge in [0, 0.05) is 18.1 Å². The number of anilines is 1. The van der Waals surface area contributed by atoms with E-state index in [1.54, 1.807) is 24.5 Å². The molecule has 0 amide bonds. The number of hydrogen-bond donors (Lipinski definition) is 2. The maximum absolute atomic E-state index is 11.2. The fourth-order valence-electron chi connectivity index (χ4n) is 2.00. The van der Waals surface area contributed by atoms with Crippen molar-refractivity contribution in [1.82, 2.24) is 9.97 Å². The molecule has 2 heterocycles. The molecule has 0 aromatic carbocycles. The maximum Gasteiger partial charge on any atom is 0.335 e. The molecule has 0 fully saturated rings. The molecule has 0 saturated heterocycles. The van der Waals surface area contributed by atoms with Crippen molar-refractivity contribution in [2.75, 3.05) is 5.32 Å². The predicted octanol–water partition coefficient (Wildman–Crippen LogP) is 3.47. The average molecular weight is 285 g/mol. The van der Waals surface area contributed by atoms with Crippen LogP contribution in [0.2, 0.25) is 0 Å². The van der Waals surface area contributed by atoms with Gasteiger partial charge in [0.2, 0.25) is 0 Å². The second kappa shape index (κ2) is 6.35. The molecule has 0 aliphatic heterocycles. The number of pyridine rings is 2. The highest BCUT2D eigenvalue weighted by Gasteiger charge is 2.13. The van der Waals surface area contributed by atoms with Crippen LogP contribution in [0.5, 0.6) is 0 Å². The Kier molecular flexibility index (Phi) is 4.52. The van der Waals surface area contributed by atoms with Gasteiger partial charge < -0.3 is 10.4 Å². The van der Waals surface area contributed by atoms with Crippen molar-refractivity contribution in [3.63, 3.8) is 0 Å². The van der Waals surface area contributed by atoms with Crippen LogP contribution in [-0.4, -0.2) is 21.0 Å². The van der Waals surface area contributed by atoms with Gasteiger partial charge in [0.25, 0.3) is 0 Å². The van der Waals surface area contributed by atoms with Crippen molar-refractivity contribution in [3.8, 4) is 0 Å². The van der Waals surface area contributed by atoms with Gasteiger partial charge in [0.05, 0.1) is 11.6 Å². The molecule has 1 unspecified atom stereocenters. The summed E-state index contributed by atoms with van der Waals surface area (Å²) in [5.74, 6) is -0.206. The quantitative estimate of drug-likeness (QED) is 0.879. The Balaban J connectivity index is 2.29. The van der Waals surface area contributed by atoms with E-state index in [9.17, 15) is 9.90 Å². The summed E-state index contributed by atoms with van der Waals surface area (Å²) in [4.78, 5) is 19.7. The van der Waals surface area contributed by atoms with Crippen molar-refractivity contribution in [3.05, 3.63) is 53.5 Å². The van der Waals surface area contributed by atoms with Crippen molar-refractivity contribution >= 4 is 11.8 Å². The molecule has 0 spiro atoms. The minimum absolute atomic E-state index is 0.0181. The van der Waals surface area contributed by atoms with E-state index in [0.29, 0.717) is 5.82 Å². The van der Waals surface area contributed by atoms with E-state index >= 15 is 0 Å². The fraction of sp³-hybridized carbons (Fsp3) is 0.312. The number of aromatic carboxylic acids is 1. The first-order chi connectivity index (χ1) is 9.97. The SMILES string of the molecule is CC(C)c1cc(C(=O)O)cc(NC(C)c2ccncc2)n1. The molecule has 2 N–H and O–H groups in total. The molecule has 1 atom stereocenters. The smallest absolute Gasteiger partial charge is 0.335 e. The number of carboxylic acids is 1. The lowest BCUT2D eigenvalue weighted by atomic mass is 10.1. The highest BCUT2D eigenvalue weighted by Crippen LogP contribution is 2.21. The van der Waals surface area contributed by atoms with Crippen LogP contribution in [0, 0.1) is 0 Å². The summed E-state index contributed by atoms with van der Waals surface area (Å²) in [6.07, 6.45) is 3.46. The molecule has 2 aromatic rings. The summed E-state index contributed by atoms with van der Waals surface area (Å²) < 4.78 is 0. The Morgan fingerprint density at radius 3 is 2.43 bits per heavy atom. The van der Waals surface area contributed by atoms with E-state index in [1.165, 1.54) is 0 Å². The van der Waals surface area contributed by atoms with E-state index in [2.05, 4.69) is 15.3 Å². The zero-order valence-electron chi connectivity index (χ0n) is 12.4. The van der Waals surface area contributed by atoms with Gasteiger partial charge in [0.15, 0.2) is 0 Å². The number of nitrogens with one attached hydrogen (secondary N) is 1. The second-order valence-corrected chi connectivity index (χ2v) is 5.27. The minimum Gasteiger partial charge on any atom is -0.478 e. The van der Waals surface area contributed by atoms with Crippen molar-refractivity contribution < 1.29 is 9.90 Å². The van der Waals surface area contributed by atoms with Crippen LogP contribution in [0.1, 0.15) is 54.3 Å². The molecule has 5 nitrogen and oxygen atoms in total. The van der Waals surface area contributed by atoms with Gasteiger partial charge >= 0.3 is 5.97 Å². The Hall–Kier alpha value is -2.43. The van der Waals surface area contributed by atoms with E-state index < -0.39 is 5.97 Å². The molecule has 0 bridgehead atoms. The van der Waals surface area contributed by atoms with E-state index in [4.69, 9.17) is 0 Å². The van der Waals surface area contributed by atoms with Crippen LogP contribution in [0.4, 0.5) is 5.82 Å². The number of rotatable bonds is 5. The summed E-state index contributed by atoms with van der Waals surface area (Å²) in [6.45, 7) is 5.98. The largest absolute Gasteiger partial charge is 0.478 e.